The topological polar surface area (TPSA) is 9.23 Å². The van der Waals surface area contributed by atoms with E-state index in [-0.39, 0.29) is 5.75 Å². The molecule has 1 rings (SSSR count). The Balaban J connectivity index is 2.92. The molecule has 0 saturated heterocycles. The average Bonchev–Trinajstić information content (AvgIpc) is 2.01. The molecule has 0 fully saturated rings. The molecule has 0 heterocycles. The van der Waals surface area contributed by atoms with E-state index in [1.54, 1.807) is 13.0 Å². The Kier molecular flexibility index (Phi) is 2.84. The molecular formula is C10H9F3O. The average molecular weight is 202 g/mol. The van der Waals surface area contributed by atoms with Crippen LogP contribution in [0.2, 0.25) is 0 Å². The van der Waals surface area contributed by atoms with E-state index in [4.69, 9.17) is 0 Å². The van der Waals surface area contributed by atoms with Crippen molar-refractivity contribution in [2.75, 3.05) is 0 Å². The smallest absolute Gasteiger partial charge is 0.406 e. The molecule has 4 heteroatoms. The van der Waals surface area contributed by atoms with Gasteiger partial charge < -0.3 is 4.74 Å². The van der Waals surface area contributed by atoms with Crippen molar-refractivity contribution in [2.45, 2.75) is 13.3 Å². The number of hydrogen-bond acceptors (Lipinski definition) is 1. The highest BCUT2D eigenvalue weighted by Crippen LogP contribution is 2.24. The van der Waals surface area contributed by atoms with Crippen molar-refractivity contribution < 1.29 is 17.9 Å². The summed E-state index contributed by atoms with van der Waals surface area (Å²) in [7, 11) is 0. The molecular weight excluding hydrogens is 193 g/mol. The number of alkyl halides is 3. The quantitative estimate of drug-likeness (QED) is 0.712. The van der Waals surface area contributed by atoms with E-state index in [1.165, 1.54) is 18.2 Å². The van der Waals surface area contributed by atoms with Crippen molar-refractivity contribution in [3.05, 3.63) is 35.9 Å². The van der Waals surface area contributed by atoms with Crippen molar-refractivity contribution >= 4 is 6.08 Å². The van der Waals surface area contributed by atoms with Gasteiger partial charge in [-0.25, -0.2) is 0 Å². The van der Waals surface area contributed by atoms with E-state index in [2.05, 4.69) is 11.3 Å². The number of hydrogen-bond donors (Lipinski definition) is 0. The van der Waals surface area contributed by atoms with Gasteiger partial charge in [-0.15, -0.1) is 13.2 Å². The van der Waals surface area contributed by atoms with Crippen LogP contribution >= 0.6 is 0 Å². The third-order valence-electron chi connectivity index (χ3n) is 1.69. The molecule has 1 nitrogen and oxygen atoms in total. The van der Waals surface area contributed by atoms with Crippen LogP contribution in [0.1, 0.15) is 11.1 Å². The summed E-state index contributed by atoms with van der Waals surface area (Å²) >= 11 is 0. The van der Waals surface area contributed by atoms with E-state index in [9.17, 15) is 13.2 Å². The minimum Gasteiger partial charge on any atom is -0.406 e. The summed E-state index contributed by atoms with van der Waals surface area (Å²) in [5.41, 5.74) is 1.49. The maximum Gasteiger partial charge on any atom is 0.573 e. The van der Waals surface area contributed by atoms with E-state index >= 15 is 0 Å². The summed E-state index contributed by atoms with van der Waals surface area (Å²) in [6.45, 7) is 5.23. The molecule has 0 aliphatic rings. The van der Waals surface area contributed by atoms with E-state index in [0.29, 0.717) is 5.56 Å². The van der Waals surface area contributed by atoms with Crippen molar-refractivity contribution in [3.8, 4) is 5.75 Å². The normalized spacial score (nSPS) is 11.1. The Morgan fingerprint density at radius 2 is 2.00 bits per heavy atom. The van der Waals surface area contributed by atoms with Crippen LogP contribution < -0.4 is 4.74 Å². The lowest BCUT2D eigenvalue weighted by molar-refractivity contribution is -0.274. The van der Waals surface area contributed by atoms with E-state index < -0.39 is 6.36 Å². The van der Waals surface area contributed by atoms with Gasteiger partial charge in [0, 0.05) is 0 Å². The molecule has 0 bridgehead atoms. The lowest BCUT2D eigenvalue weighted by Gasteiger charge is -2.10. The van der Waals surface area contributed by atoms with Crippen LogP contribution in [-0.2, 0) is 0 Å². The number of ether oxygens (including phenoxy) is 1. The van der Waals surface area contributed by atoms with Gasteiger partial charge >= 0.3 is 6.36 Å². The van der Waals surface area contributed by atoms with Crippen molar-refractivity contribution in [3.63, 3.8) is 0 Å². The van der Waals surface area contributed by atoms with E-state index in [0.717, 1.165) is 5.56 Å². The lowest BCUT2D eigenvalue weighted by Crippen LogP contribution is -2.17. The number of benzene rings is 1. The number of halogens is 3. The molecule has 1 aromatic carbocycles. The van der Waals surface area contributed by atoms with Gasteiger partial charge in [0.25, 0.3) is 0 Å². The Morgan fingerprint density at radius 3 is 2.43 bits per heavy atom. The molecule has 76 valence electrons. The zero-order valence-electron chi connectivity index (χ0n) is 7.56. The highest BCUT2D eigenvalue weighted by atomic mass is 19.4. The summed E-state index contributed by atoms with van der Waals surface area (Å²) in [6, 6.07) is 4.12. The first-order valence-electron chi connectivity index (χ1n) is 3.91. The van der Waals surface area contributed by atoms with Crippen LogP contribution in [0.25, 0.3) is 6.08 Å². The van der Waals surface area contributed by atoms with Gasteiger partial charge in [0.05, 0.1) is 0 Å². The van der Waals surface area contributed by atoms with Crippen LogP contribution in [0, 0.1) is 6.92 Å². The second-order valence-electron chi connectivity index (χ2n) is 2.77. The van der Waals surface area contributed by atoms with Gasteiger partial charge in [0.15, 0.2) is 0 Å². The fraction of sp³-hybridized carbons (Fsp3) is 0.200. The standard InChI is InChI=1S/C10H9F3O/c1-3-8-4-5-9(6-7(8)2)14-10(11,12)13/h3-6H,1H2,2H3. The first-order valence-corrected chi connectivity index (χ1v) is 3.91. The van der Waals surface area contributed by atoms with Crippen molar-refractivity contribution in [1.82, 2.24) is 0 Å². The highest BCUT2D eigenvalue weighted by molar-refractivity contribution is 5.53. The SMILES string of the molecule is C=Cc1ccc(OC(F)(F)F)cc1C. The highest BCUT2D eigenvalue weighted by Gasteiger charge is 2.31. The van der Waals surface area contributed by atoms with E-state index in [1.807, 2.05) is 0 Å². The molecule has 0 atom stereocenters. The van der Waals surface area contributed by atoms with Gasteiger partial charge in [0.2, 0.25) is 0 Å². The minimum absolute atomic E-state index is 0.208. The van der Waals surface area contributed by atoms with Crippen molar-refractivity contribution in [2.24, 2.45) is 0 Å². The third-order valence-corrected chi connectivity index (χ3v) is 1.69. The number of aryl methyl sites for hydroxylation is 1. The Bertz CT molecular complexity index is 342. The maximum absolute atomic E-state index is 11.8. The van der Waals surface area contributed by atoms with Crippen LogP contribution in [0.4, 0.5) is 13.2 Å². The predicted molar refractivity (Wildman–Crippen MR) is 48.0 cm³/mol. The van der Waals surface area contributed by atoms with Crippen LogP contribution in [0.3, 0.4) is 0 Å². The molecule has 0 spiro atoms. The van der Waals surface area contributed by atoms with Gasteiger partial charge in [-0.1, -0.05) is 18.7 Å². The molecule has 0 unspecified atom stereocenters. The summed E-state index contributed by atoms with van der Waals surface area (Å²) in [5.74, 6) is -0.208. The Morgan fingerprint density at radius 1 is 1.36 bits per heavy atom. The number of rotatable bonds is 2. The molecule has 0 amide bonds. The summed E-state index contributed by atoms with van der Waals surface area (Å²) in [6.07, 6.45) is -3.06. The fourth-order valence-corrected chi connectivity index (χ4v) is 1.07. The zero-order chi connectivity index (χ0) is 10.8. The first kappa shape index (κ1) is 10.6. The van der Waals surface area contributed by atoms with Crippen LogP contribution in [0.15, 0.2) is 24.8 Å². The molecule has 0 radical (unpaired) electrons. The van der Waals surface area contributed by atoms with Gasteiger partial charge in [-0.3, -0.25) is 0 Å². The predicted octanol–water partition coefficient (Wildman–Crippen LogP) is 3.54. The fourth-order valence-electron chi connectivity index (χ4n) is 1.07. The molecule has 0 aromatic heterocycles. The third kappa shape index (κ3) is 2.80. The van der Waals surface area contributed by atoms with Crippen LogP contribution in [0.5, 0.6) is 5.75 Å². The van der Waals surface area contributed by atoms with Gasteiger partial charge in [-0.05, 0) is 30.2 Å². The monoisotopic (exact) mass is 202 g/mol. The lowest BCUT2D eigenvalue weighted by atomic mass is 10.1. The summed E-state index contributed by atoms with van der Waals surface area (Å²) < 4.78 is 39.2. The second-order valence-corrected chi connectivity index (χ2v) is 2.77. The summed E-state index contributed by atoms with van der Waals surface area (Å²) in [4.78, 5) is 0. The Hall–Kier alpha value is -1.45. The molecule has 0 aliphatic heterocycles. The second kappa shape index (κ2) is 3.74. The molecule has 1 aromatic rings. The van der Waals surface area contributed by atoms with Gasteiger partial charge in [-0.2, -0.15) is 0 Å². The zero-order valence-corrected chi connectivity index (χ0v) is 7.56. The molecule has 0 aliphatic carbocycles. The molecule has 0 saturated carbocycles. The van der Waals surface area contributed by atoms with Crippen LogP contribution in [-0.4, -0.2) is 6.36 Å². The van der Waals surface area contributed by atoms with Crippen molar-refractivity contribution in [1.29, 1.82) is 0 Å². The minimum atomic E-state index is -4.64. The Labute approximate surface area is 79.8 Å². The first-order chi connectivity index (χ1) is 6.42. The van der Waals surface area contributed by atoms with Gasteiger partial charge in [0.1, 0.15) is 5.75 Å². The summed E-state index contributed by atoms with van der Waals surface area (Å²) in [5, 5.41) is 0. The molecule has 0 N–H and O–H groups in total. The maximum atomic E-state index is 11.8. The largest absolute Gasteiger partial charge is 0.573 e. The molecule has 14 heavy (non-hydrogen) atoms.